The number of non-ortho nitro benzene ring substituents is 2. The SMILES string of the molecule is CN(C)c1ccc(N=Nc2ccc([N+](=O)[O-])cc2Oc2cc([N+](=O)[O-])ccc2N=Nc2ccc(N(C)C)cc2)cc1. The Kier molecular flexibility index (Phi) is 8.57. The van der Waals surface area contributed by atoms with Crippen LogP contribution in [0.5, 0.6) is 11.5 Å². The average molecular weight is 555 g/mol. The average Bonchev–Trinajstić information content (AvgIpc) is 2.96. The lowest BCUT2D eigenvalue weighted by molar-refractivity contribution is -0.384. The predicted molar refractivity (Wildman–Crippen MR) is 156 cm³/mol. The van der Waals surface area contributed by atoms with Crippen LogP contribution in [0.15, 0.2) is 105 Å². The largest absolute Gasteiger partial charge is 0.452 e. The Bertz CT molecular complexity index is 1500. The zero-order valence-electron chi connectivity index (χ0n) is 22.7. The lowest BCUT2D eigenvalue weighted by Gasteiger charge is -2.12. The Labute approximate surface area is 235 Å². The molecule has 13 nitrogen and oxygen atoms in total. The van der Waals surface area contributed by atoms with E-state index in [9.17, 15) is 20.2 Å². The van der Waals surface area contributed by atoms with E-state index in [0.29, 0.717) is 11.4 Å². The third kappa shape index (κ3) is 7.23. The molecule has 4 aromatic rings. The van der Waals surface area contributed by atoms with Crippen LogP contribution in [0.2, 0.25) is 0 Å². The van der Waals surface area contributed by atoms with Gasteiger partial charge in [0.15, 0.2) is 11.5 Å². The number of hydrogen-bond acceptors (Lipinski definition) is 11. The second kappa shape index (κ2) is 12.4. The van der Waals surface area contributed by atoms with Gasteiger partial charge in [-0.15, -0.1) is 10.2 Å². The van der Waals surface area contributed by atoms with Crippen LogP contribution in [-0.2, 0) is 0 Å². The van der Waals surface area contributed by atoms with Crippen molar-refractivity contribution in [3.63, 3.8) is 0 Å². The quantitative estimate of drug-likeness (QED) is 0.109. The van der Waals surface area contributed by atoms with Crippen molar-refractivity contribution >= 4 is 45.5 Å². The molecule has 41 heavy (non-hydrogen) atoms. The smallest absolute Gasteiger partial charge is 0.273 e. The van der Waals surface area contributed by atoms with Gasteiger partial charge in [0, 0.05) is 51.7 Å². The molecule has 0 amide bonds. The second-order valence-electron chi connectivity index (χ2n) is 9.14. The number of azo groups is 2. The van der Waals surface area contributed by atoms with E-state index >= 15 is 0 Å². The molecular formula is C28H26N8O5. The van der Waals surface area contributed by atoms with Crippen LogP contribution in [0.3, 0.4) is 0 Å². The van der Waals surface area contributed by atoms with Gasteiger partial charge in [0.1, 0.15) is 11.4 Å². The highest BCUT2D eigenvalue weighted by Crippen LogP contribution is 2.41. The number of rotatable bonds is 10. The summed E-state index contributed by atoms with van der Waals surface area (Å²) in [4.78, 5) is 25.7. The molecule has 0 N–H and O–H groups in total. The molecule has 0 spiro atoms. The fourth-order valence-electron chi connectivity index (χ4n) is 3.54. The monoisotopic (exact) mass is 554 g/mol. The first-order valence-corrected chi connectivity index (χ1v) is 12.2. The van der Waals surface area contributed by atoms with Gasteiger partial charge in [0.25, 0.3) is 11.4 Å². The molecule has 0 saturated carbocycles. The molecule has 0 bridgehead atoms. The molecule has 0 aliphatic carbocycles. The van der Waals surface area contributed by atoms with E-state index in [-0.39, 0.29) is 34.2 Å². The number of nitro groups is 2. The number of nitro benzene ring substituents is 2. The van der Waals surface area contributed by atoms with Gasteiger partial charge in [-0.05, 0) is 60.7 Å². The van der Waals surface area contributed by atoms with Crippen LogP contribution < -0.4 is 14.5 Å². The maximum Gasteiger partial charge on any atom is 0.273 e. The summed E-state index contributed by atoms with van der Waals surface area (Å²) >= 11 is 0. The molecule has 0 fully saturated rings. The van der Waals surface area contributed by atoms with Crippen molar-refractivity contribution < 1.29 is 14.6 Å². The van der Waals surface area contributed by atoms with E-state index in [0.717, 1.165) is 11.4 Å². The minimum Gasteiger partial charge on any atom is -0.452 e. The van der Waals surface area contributed by atoms with E-state index < -0.39 is 9.85 Å². The van der Waals surface area contributed by atoms with Crippen molar-refractivity contribution in [1.29, 1.82) is 0 Å². The van der Waals surface area contributed by atoms with Crippen LogP contribution in [-0.4, -0.2) is 38.0 Å². The number of anilines is 2. The molecule has 0 atom stereocenters. The minimum absolute atomic E-state index is 0.0415. The van der Waals surface area contributed by atoms with Crippen molar-refractivity contribution in [2.75, 3.05) is 38.0 Å². The van der Waals surface area contributed by atoms with Crippen molar-refractivity contribution in [3.05, 3.63) is 105 Å². The van der Waals surface area contributed by atoms with Crippen LogP contribution in [0, 0.1) is 20.2 Å². The Morgan fingerprint density at radius 1 is 0.561 bits per heavy atom. The molecule has 13 heteroatoms. The second-order valence-corrected chi connectivity index (χ2v) is 9.14. The number of hydrogen-bond donors (Lipinski definition) is 0. The lowest BCUT2D eigenvalue weighted by Crippen LogP contribution is -2.07. The summed E-state index contributed by atoms with van der Waals surface area (Å²) < 4.78 is 5.97. The fourth-order valence-corrected chi connectivity index (χ4v) is 3.54. The summed E-state index contributed by atoms with van der Waals surface area (Å²) in [6.45, 7) is 0. The Balaban J connectivity index is 1.71. The van der Waals surface area contributed by atoms with E-state index in [1.807, 2.05) is 62.3 Å². The summed E-state index contributed by atoms with van der Waals surface area (Å²) in [5.41, 5.74) is 2.86. The summed E-state index contributed by atoms with van der Waals surface area (Å²) in [6.07, 6.45) is 0. The molecule has 0 aromatic heterocycles. The van der Waals surface area contributed by atoms with Gasteiger partial charge in [0.2, 0.25) is 0 Å². The Morgan fingerprint density at radius 2 is 0.927 bits per heavy atom. The third-order valence-electron chi connectivity index (χ3n) is 5.81. The lowest BCUT2D eigenvalue weighted by atomic mass is 10.2. The molecule has 0 saturated heterocycles. The van der Waals surface area contributed by atoms with E-state index in [1.54, 1.807) is 24.3 Å². The normalized spacial score (nSPS) is 11.1. The van der Waals surface area contributed by atoms with Crippen LogP contribution in [0.4, 0.5) is 45.5 Å². The first-order chi connectivity index (χ1) is 19.6. The first-order valence-electron chi connectivity index (χ1n) is 12.2. The van der Waals surface area contributed by atoms with Crippen molar-refractivity contribution in [2.24, 2.45) is 20.5 Å². The molecule has 0 radical (unpaired) electrons. The van der Waals surface area contributed by atoms with E-state index in [4.69, 9.17) is 4.74 Å². The highest BCUT2D eigenvalue weighted by Gasteiger charge is 2.18. The molecular weight excluding hydrogens is 528 g/mol. The first kappa shape index (κ1) is 28.3. The molecule has 0 aliphatic rings. The van der Waals surface area contributed by atoms with Crippen molar-refractivity contribution in [2.45, 2.75) is 0 Å². The number of benzene rings is 4. The highest BCUT2D eigenvalue weighted by molar-refractivity contribution is 5.63. The van der Waals surface area contributed by atoms with E-state index in [1.165, 1.54) is 36.4 Å². The summed E-state index contributed by atoms with van der Waals surface area (Å²) in [7, 11) is 7.66. The van der Waals surface area contributed by atoms with Crippen molar-refractivity contribution in [1.82, 2.24) is 0 Å². The Hall–Kier alpha value is -5.72. The Morgan fingerprint density at radius 3 is 1.24 bits per heavy atom. The summed E-state index contributed by atoms with van der Waals surface area (Å²) in [6, 6.07) is 22.2. The third-order valence-corrected chi connectivity index (χ3v) is 5.81. The van der Waals surface area contributed by atoms with Gasteiger partial charge in [-0.3, -0.25) is 20.2 Å². The van der Waals surface area contributed by atoms with Gasteiger partial charge in [-0.2, -0.15) is 10.2 Å². The summed E-state index contributed by atoms with van der Waals surface area (Å²) in [5.74, 6) is -0.0831. The molecule has 0 heterocycles. The molecule has 4 rings (SSSR count). The van der Waals surface area contributed by atoms with E-state index in [2.05, 4.69) is 20.5 Å². The van der Waals surface area contributed by atoms with Gasteiger partial charge in [-0.25, -0.2) is 0 Å². The van der Waals surface area contributed by atoms with Crippen molar-refractivity contribution in [3.8, 4) is 11.5 Å². The topological polar surface area (TPSA) is 151 Å². The summed E-state index contributed by atoms with van der Waals surface area (Å²) in [5, 5.41) is 39.9. The maximum absolute atomic E-state index is 11.5. The molecule has 208 valence electrons. The van der Waals surface area contributed by atoms with Crippen LogP contribution in [0.1, 0.15) is 0 Å². The van der Waals surface area contributed by atoms with Gasteiger partial charge >= 0.3 is 0 Å². The molecule has 0 aliphatic heterocycles. The highest BCUT2D eigenvalue weighted by atomic mass is 16.6. The zero-order chi connectivity index (χ0) is 29.5. The van der Waals surface area contributed by atoms with Crippen LogP contribution in [0.25, 0.3) is 0 Å². The minimum atomic E-state index is -0.584. The standard InChI is InChI=1S/C28H26N8O5/c1-33(2)21-9-5-19(6-10-21)29-31-25-15-13-23(35(37)38)17-27(25)41-28-18-24(36(39)40)14-16-26(28)32-30-20-7-11-22(12-8-20)34(3)4/h5-18H,1-4H3. The van der Waals surface area contributed by atoms with Gasteiger partial charge in [-0.1, -0.05) is 0 Å². The molecule has 0 unspecified atom stereocenters. The fraction of sp³-hybridized carbons (Fsp3) is 0.143. The maximum atomic E-state index is 11.5. The number of ether oxygens (including phenoxy) is 1. The molecule has 4 aromatic carbocycles. The number of nitrogens with zero attached hydrogens (tertiary/aromatic N) is 8. The zero-order valence-corrected chi connectivity index (χ0v) is 22.7. The van der Waals surface area contributed by atoms with Gasteiger partial charge < -0.3 is 14.5 Å². The van der Waals surface area contributed by atoms with Gasteiger partial charge in [0.05, 0.1) is 33.4 Å². The van der Waals surface area contributed by atoms with Crippen LogP contribution >= 0.6 is 0 Å². The predicted octanol–water partition coefficient (Wildman–Crippen LogP) is 8.26.